The second-order valence-electron chi connectivity index (χ2n) is 8.41. The monoisotopic (exact) mass is 466 g/mol. The Bertz CT molecular complexity index is 1590. The second-order valence-corrected chi connectivity index (χ2v) is 8.41. The average molecular weight is 466 g/mol. The number of aromatic nitrogens is 4. The summed E-state index contributed by atoms with van der Waals surface area (Å²) in [5.74, 6) is 2.62. The molecule has 1 aliphatic rings. The topological polar surface area (TPSA) is 91.0 Å². The molecule has 3 heterocycles. The summed E-state index contributed by atoms with van der Waals surface area (Å²) in [5.41, 5.74) is 5.29. The lowest BCUT2D eigenvalue weighted by Gasteiger charge is -2.28. The number of ether oxygens (including phenoxy) is 3. The van der Waals surface area contributed by atoms with E-state index in [1.54, 1.807) is 37.2 Å². The third kappa shape index (κ3) is 3.42. The Morgan fingerprint density at radius 2 is 1.83 bits per heavy atom. The quantitative estimate of drug-likeness (QED) is 0.386. The van der Waals surface area contributed by atoms with E-state index >= 15 is 0 Å². The fourth-order valence-electron chi connectivity index (χ4n) is 4.59. The number of hydrogen-bond acceptors (Lipinski definition) is 7. The smallest absolute Gasteiger partial charge is 0.228 e. The molecular weight excluding hydrogens is 444 g/mol. The number of phenolic OH excluding ortho intramolecular Hbond substituents is 1. The van der Waals surface area contributed by atoms with Crippen molar-refractivity contribution in [2.24, 2.45) is 0 Å². The average Bonchev–Trinajstić information content (AvgIpc) is 3.31. The van der Waals surface area contributed by atoms with Crippen LogP contribution >= 0.6 is 0 Å². The van der Waals surface area contributed by atoms with Crippen molar-refractivity contribution in [1.29, 1.82) is 0 Å². The molecule has 0 amide bonds. The standard InChI is InChI=1S/C27H22N4O4/c1-15-5-4-6-17(11-15)25-29-26-24-23(16-7-10-20(33-2)22(12-16)34-3)19-9-8-18(32)13-21(19)35-27(24)28-14-31(26)30-25/h4-14,23,32H,1-3H3/t23-/m0/s1. The lowest BCUT2D eigenvalue weighted by Crippen LogP contribution is -2.15. The Balaban J connectivity index is 1.61. The molecule has 3 aromatic carbocycles. The van der Waals surface area contributed by atoms with Gasteiger partial charge in [0.05, 0.1) is 19.8 Å². The number of hydrogen-bond donors (Lipinski definition) is 1. The van der Waals surface area contributed by atoms with Gasteiger partial charge in [-0.1, -0.05) is 35.9 Å². The summed E-state index contributed by atoms with van der Waals surface area (Å²) >= 11 is 0. The van der Waals surface area contributed by atoms with Crippen LogP contribution in [-0.2, 0) is 0 Å². The maximum Gasteiger partial charge on any atom is 0.228 e. The summed E-state index contributed by atoms with van der Waals surface area (Å²) in [6.07, 6.45) is 1.60. The van der Waals surface area contributed by atoms with Gasteiger partial charge in [-0.3, -0.25) is 0 Å². The van der Waals surface area contributed by atoms with Gasteiger partial charge in [-0.05, 0) is 36.8 Å². The lowest BCUT2D eigenvalue weighted by molar-refractivity contribution is 0.354. The molecule has 35 heavy (non-hydrogen) atoms. The summed E-state index contributed by atoms with van der Waals surface area (Å²) in [6, 6.07) is 19.0. The Kier molecular flexibility index (Phi) is 4.81. The molecule has 0 unspecified atom stereocenters. The van der Waals surface area contributed by atoms with E-state index in [4.69, 9.17) is 24.3 Å². The molecule has 8 heteroatoms. The van der Waals surface area contributed by atoms with E-state index < -0.39 is 0 Å². The molecule has 6 rings (SSSR count). The lowest BCUT2D eigenvalue weighted by atomic mass is 9.83. The first-order chi connectivity index (χ1) is 17.1. The van der Waals surface area contributed by atoms with Crippen molar-refractivity contribution in [3.05, 3.63) is 89.2 Å². The molecule has 174 valence electrons. The first-order valence-corrected chi connectivity index (χ1v) is 11.1. The SMILES string of the molecule is COc1ccc([C@H]2c3ccc(O)cc3Oc3ncn4nc(-c5cccc(C)c5)nc4c32)cc1OC. The predicted octanol–water partition coefficient (Wildman–Crippen LogP) is 5.11. The minimum atomic E-state index is -0.292. The number of fused-ring (bicyclic) bond motifs is 4. The molecule has 0 bridgehead atoms. The molecule has 1 aliphatic heterocycles. The zero-order chi connectivity index (χ0) is 24.1. The van der Waals surface area contributed by atoms with Gasteiger partial charge in [0, 0.05) is 23.1 Å². The van der Waals surface area contributed by atoms with Gasteiger partial charge in [-0.15, -0.1) is 5.10 Å². The largest absolute Gasteiger partial charge is 0.508 e. The molecule has 1 N–H and O–H groups in total. The number of phenols is 1. The van der Waals surface area contributed by atoms with E-state index in [0.717, 1.165) is 27.8 Å². The van der Waals surface area contributed by atoms with Crippen molar-refractivity contribution in [2.75, 3.05) is 14.2 Å². The Morgan fingerprint density at radius 3 is 2.63 bits per heavy atom. The Labute approximate surface area is 201 Å². The molecule has 8 nitrogen and oxygen atoms in total. The van der Waals surface area contributed by atoms with Gasteiger partial charge in [-0.25, -0.2) is 14.5 Å². The molecular formula is C27H22N4O4. The summed E-state index contributed by atoms with van der Waals surface area (Å²) in [7, 11) is 3.22. The van der Waals surface area contributed by atoms with Crippen molar-refractivity contribution in [1.82, 2.24) is 19.6 Å². The van der Waals surface area contributed by atoms with Crippen molar-refractivity contribution in [3.8, 4) is 40.3 Å². The van der Waals surface area contributed by atoms with Crippen LogP contribution in [0.2, 0.25) is 0 Å². The van der Waals surface area contributed by atoms with Gasteiger partial charge in [0.2, 0.25) is 5.88 Å². The molecule has 0 spiro atoms. The molecule has 0 saturated carbocycles. The van der Waals surface area contributed by atoms with Crippen LogP contribution < -0.4 is 14.2 Å². The maximum absolute atomic E-state index is 10.1. The predicted molar refractivity (Wildman–Crippen MR) is 130 cm³/mol. The van der Waals surface area contributed by atoms with Crippen LogP contribution in [0.5, 0.6) is 28.9 Å². The molecule has 0 fully saturated rings. The van der Waals surface area contributed by atoms with Crippen molar-refractivity contribution >= 4 is 5.65 Å². The van der Waals surface area contributed by atoms with Gasteiger partial charge in [0.25, 0.3) is 0 Å². The van der Waals surface area contributed by atoms with Crippen LogP contribution in [0.15, 0.2) is 67.0 Å². The summed E-state index contributed by atoms with van der Waals surface area (Å²) in [6.45, 7) is 2.04. The normalized spacial score (nSPS) is 14.2. The van der Waals surface area contributed by atoms with Gasteiger partial charge < -0.3 is 19.3 Å². The summed E-state index contributed by atoms with van der Waals surface area (Å²) in [4.78, 5) is 9.46. The maximum atomic E-state index is 10.1. The van der Waals surface area contributed by atoms with Crippen molar-refractivity contribution < 1.29 is 19.3 Å². The van der Waals surface area contributed by atoms with Gasteiger partial charge >= 0.3 is 0 Å². The Hall–Kier alpha value is -4.59. The minimum Gasteiger partial charge on any atom is -0.508 e. The van der Waals surface area contributed by atoms with E-state index in [0.29, 0.717) is 34.6 Å². The highest BCUT2D eigenvalue weighted by molar-refractivity contribution is 5.69. The molecule has 2 aromatic heterocycles. The number of methoxy groups -OCH3 is 2. The molecule has 0 saturated heterocycles. The van der Waals surface area contributed by atoms with Crippen LogP contribution in [0.3, 0.4) is 0 Å². The highest BCUT2D eigenvalue weighted by Crippen LogP contribution is 2.49. The molecule has 5 aromatic rings. The first kappa shape index (κ1) is 21.0. The number of aromatic hydroxyl groups is 1. The second kappa shape index (κ2) is 8.02. The highest BCUT2D eigenvalue weighted by Gasteiger charge is 2.34. The van der Waals surface area contributed by atoms with Gasteiger partial charge in [0.15, 0.2) is 23.0 Å². The van der Waals surface area contributed by atoms with Crippen LogP contribution in [0.25, 0.3) is 17.0 Å². The third-order valence-electron chi connectivity index (χ3n) is 6.21. The van der Waals surface area contributed by atoms with Gasteiger partial charge in [-0.2, -0.15) is 0 Å². The molecule has 0 aliphatic carbocycles. The summed E-state index contributed by atoms with van der Waals surface area (Å²) in [5, 5.41) is 14.8. The minimum absolute atomic E-state index is 0.114. The zero-order valence-electron chi connectivity index (χ0n) is 19.4. The Morgan fingerprint density at radius 1 is 0.971 bits per heavy atom. The fourth-order valence-corrected chi connectivity index (χ4v) is 4.59. The molecule has 1 atom stereocenters. The van der Waals surface area contributed by atoms with E-state index in [1.807, 2.05) is 49.4 Å². The number of benzene rings is 3. The van der Waals surface area contributed by atoms with Crippen LogP contribution in [0.1, 0.15) is 28.2 Å². The van der Waals surface area contributed by atoms with E-state index in [9.17, 15) is 5.11 Å². The van der Waals surface area contributed by atoms with E-state index in [-0.39, 0.29) is 11.7 Å². The summed E-state index contributed by atoms with van der Waals surface area (Å²) < 4.78 is 18.8. The highest BCUT2D eigenvalue weighted by atomic mass is 16.5. The number of rotatable bonds is 4. The third-order valence-corrected chi connectivity index (χ3v) is 6.21. The number of aryl methyl sites for hydroxylation is 1. The van der Waals surface area contributed by atoms with Crippen molar-refractivity contribution in [2.45, 2.75) is 12.8 Å². The zero-order valence-corrected chi connectivity index (χ0v) is 19.4. The van der Waals surface area contributed by atoms with Crippen LogP contribution in [-0.4, -0.2) is 38.9 Å². The van der Waals surface area contributed by atoms with E-state index in [2.05, 4.69) is 11.1 Å². The number of nitrogens with zero attached hydrogens (tertiary/aromatic N) is 4. The van der Waals surface area contributed by atoms with Gasteiger partial charge in [0.1, 0.15) is 17.8 Å². The first-order valence-electron chi connectivity index (χ1n) is 11.1. The van der Waals surface area contributed by atoms with Crippen LogP contribution in [0, 0.1) is 6.92 Å². The van der Waals surface area contributed by atoms with E-state index in [1.165, 1.54) is 0 Å². The van der Waals surface area contributed by atoms with Crippen LogP contribution in [0.4, 0.5) is 0 Å². The van der Waals surface area contributed by atoms with Crippen molar-refractivity contribution in [3.63, 3.8) is 0 Å². The molecule has 0 radical (unpaired) electrons. The fraction of sp³-hybridized carbons (Fsp3) is 0.148.